The number of hydrogen-bond donors (Lipinski definition) is 0. The first-order valence-electron chi connectivity index (χ1n) is 5.58. The molecule has 1 fully saturated rings. The van der Waals surface area contributed by atoms with Gasteiger partial charge < -0.3 is 9.02 Å². The van der Waals surface area contributed by atoms with Crippen molar-refractivity contribution in [1.29, 1.82) is 0 Å². The fourth-order valence-electron chi connectivity index (χ4n) is 1.55. The molecule has 0 N–H and O–H groups in total. The predicted octanol–water partition coefficient (Wildman–Crippen LogP) is 0.501. The number of carbonyl (C=O) groups excluding carboxylic acids is 3. The van der Waals surface area contributed by atoms with Gasteiger partial charge in [-0.2, -0.15) is 8.42 Å². The highest BCUT2D eigenvalue weighted by atomic mass is 32.3. The molecule has 0 aliphatic carbocycles. The molecule has 1 aliphatic rings. The molecule has 1 aromatic carbocycles. The zero-order valence-electron chi connectivity index (χ0n) is 10.3. The molecule has 0 spiro atoms. The quantitative estimate of drug-likeness (QED) is 0.588. The normalized spacial score (nSPS) is 15.2. The smallest absolute Gasteiger partial charge is 0.358 e. The van der Waals surface area contributed by atoms with Crippen LogP contribution in [-0.4, -0.2) is 31.3 Å². The summed E-state index contributed by atoms with van der Waals surface area (Å²) in [7, 11) is -5.16. The van der Waals surface area contributed by atoms with Gasteiger partial charge in [0.25, 0.3) is 11.8 Å². The van der Waals surface area contributed by atoms with Crippen LogP contribution in [0.25, 0.3) is 0 Å². The molecule has 0 atom stereocenters. The highest BCUT2D eigenvalue weighted by molar-refractivity contribution is 7.81. The Hall–Kier alpha value is -2.49. The standard InChI is InChI=1S/C11H8FNO7S/c12-21(17,18)20-8-3-1-7(2-4-8)11(16)19-13-9(14)5-6-10(13)15/h1-4H,5-6H2/i12-1. The van der Waals surface area contributed by atoms with Crippen molar-refractivity contribution >= 4 is 28.3 Å². The summed E-state index contributed by atoms with van der Waals surface area (Å²) >= 11 is 0. The summed E-state index contributed by atoms with van der Waals surface area (Å²) in [5, 5.41) is 0.374. The second-order valence-corrected chi connectivity index (χ2v) is 4.91. The molecule has 0 aromatic heterocycles. The third-order valence-electron chi connectivity index (χ3n) is 2.47. The van der Waals surface area contributed by atoms with E-state index in [2.05, 4.69) is 9.02 Å². The highest BCUT2D eigenvalue weighted by Gasteiger charge is 2.33. The van der Waals surface area contributed by atoms with Crippen LogP contribution in [0.4, 0.5) is 3.89 Å². The number of halogens is 1. The Morgan fingerprint density at radius 3 is 2.10 bits per heavy atom. The number of benzene rings is 1. The molecule has 10 heteroatoms. The van der Waals surface area contributed by atoms with Crippen LogP contribution in [0.15, 0.2) is 24.3 Å². The van der Waals surface area contributed by atoms with E-state index >= 15 is 0 Å². The van der Waals surface area contributed by atoms with Gasteiger partial charge in [-0.15, -0.1) is 5.06 Å². The van der Waals surface area contributed by atoms with Crippen molar-refractivity contribution in [2.24, 2.45) is 0 Å². The molecule has 112 valence electrons. The Bertz CT molecular complexity index is 682. The summed E-state index contributed by atoms with van der Waals surface area (Å²) in [5.74, 6) is -2.59. The van der Waals surface area contributed by atoms with Crippen molar-refractivity contribution in [3.8, 4) is 5.75 Å². The van der Waals surface area contributed by atoms with Crippen LogP contribution in [0.3, 0.4) is 0 Å². The first-order valence-corrected chi connectivity index (χ1v) is 6.89. The summed E-state index contributed by atoms with van der Waals surface area (Å²) in [6.45, 7) is 0. The lowest BCUT2D eigenvalue weighted by Crippen LogP contribution is -2.32. The Labute approximate surface area is 118 Å². The summed E-state index contributed by atoms with van der Waals surface area (Å²) in [4.78, 5) is 38.8. The Morgan fingerprint density at radius 1 is 1.10 bits per heavy atom. The summed E-state index contributed by atoms with van der Waals surface area (Å²) < 4.78 is 36.7. The topological polar surface area (TPSA) is 107 Å². The first kappa shape index (κ1) is 14.9. The Morgan fingerprint density at radius 2 is 1.62 bits per heavy atom. The third-order valence-corrected chi connectivity index (χ3v) is 2.86. The van der Waals surface area contributed by atoms with Gasteiger partial charge >= 0.3 is 16.5 Å². The molecule has 8 nitrogen and oxygen atoms in total. The van der Waals surface area contributed by atoms with Crippen molar-refractivity contribution in [3.63, 3.8) is 0 Å². The van der Waals surface area contributed by atoms with E-state index in [0.29, 0.717) is 5.06 Å². The van der Waals surface area contributed by atoms with E-state index in [1.165, 1.54) is 0 Å². The van der Waals surface area contributed by atoms with Crippen LogP contribution in [0.1, 0.15) is 23.2 Å². The molecule has 0 unspecified atom stereocenters. The van der Waals surface area contributed by atoms with Crippen molar-refractivity contribution in [2.45, 2.75) is 12.8 Å². The Balaban J connectivity index is 2.06. The van der Waals surface area contributed by atoms with E-state index in [-0.39, 0.29) is 24.2 Å². The molecule has 21 heavy (non-hydrogen) atoms. The van der Waals surface area contributed by atoms with Gasteiger partial charge in [-0.25, -0.2) is 4.79 Å². The van der Waals surface area contributed by atoms with Crippen LogP contribution in [0, 0.1) is 0 Å². The van der Waals surface area contributed by atoms with Crippen LogP contribution in [-0.2, 0) is 24.9 Å². The second kappa shape index (κ2) is 5.48. The van der Waals surface area contributed by atoms with Crippen molar-refractivity contribution < 1.29 is 35.7 Å². The zero-order chi connectivity index (χ0) is 15.6. The molecule has 0 radical (unpaired) electrons. The van der Waals surface area contributed by atoms with Crippen LogP contribution in [0.5, 0.6) is 5.75 Å². The third kappa shape index (κ3) is 3.75. The molecular weight excluding hydrogens is 308 g/mol. The maximum atomic E-state index is 12.3. The molecule has 0 bridgehead atoms. The maximum Gasteiger partial charge on any atom is 0.488 e. The molecule has 1 aromatic rings. The fraction of sp³-hybridized carbons (Fsp3) is 0.182. The average molecular weight is 316 g/mol. The first-order chi connectivity index (χ1) is 9.76. The summed E-state index contributed by atoms with van der Waals surface area (Å²) in [6.07, 6.45) is -0.0689. The number of imide groups is 1. The SMILES string of the molecule is O=C(ON1C(=O)CCC1=O)c1ccc(OS(=O)(=O)[18F])cc1. The highest BCUT2D eigenvalue weighted by Crippen LogP contribution is 2.17. The zero-order valence-corrected chi connectivity index (χ0v) is 11.1. The van der Waals surface area contributed by atoms with Gasteiger partial charge in [-0.3, -0.25) is 9.59 Å². The number of carbonyl (C=O) groups is 3. The van der Waals surface area contributed by atoms with Gasteiger partial charge in [0.05, 0.1) is 5.56 Å². The molecule has 1 aliphatic heterocycles. The lowest BCUT2D eigenvalue weighted by atomic mass is 10.2. The molecule has 1 heterocycles. The van der Waals surface area contributed by atoms with Gasteiger partial charge in [0.15, 0.2) is 0 Å². The van der Waals surface area contributed by atoms with E-state index in [4.69, 9.17) is 0 Å². The minimum Gasteiger partial charge on any atom is -0.358 e. The number of amides is 2. The van der Waals surface area contributed by atoms with E-state index in [1.54, 1.807) is 0 Å². The molecule has 2 rings (SSSR count). The fourth-order valence-corrected chi connectivity index (χ4v) is 1.90. The monoisotopic (exact) mass is 316 g/mol. The van der Waals surface area contributed by atoms with E-state index in [0.717, 1.165) is 24.3 Å². The number of hydrogen-bond acceptors (Lipinski definition) is 7. The average Bonchev–Trinajstić information content (AvgIpc) is 2.69. The van der Waals surface area contributed by atoms with Crippen LogP contribution in [0.2, 0.25) is 0 Å². The van der Waals surface area contributed by atoms with Crippen LogP contribution >= 0.6 is 0 Å². The Kier molecular flexibility index (Phi) is 3.89. The number of nitrogens with zero attached hydrogens (tertiary/aromatic N) is 1. The van der Waals surface area contributed by atoms with Gasteiger partial charge in [-0.05, 0) is 24.3 Å². The largest absolute Gasteiger partial charge is 0.488 e. The van der Waals surface area contributed by atoms with E-state index < -0.39 is 28.3 Å². The van der Waals surface area contributed by atoms with E-state index in [9.17, 15) is 26.7 Å². The second-order valence-electron chi connectivity index (χ2n) is 3.96. The minimum atomic E-state index is -5.16. The lowest BCUT2D eigenvalue weighted by molar-refractivity contribution is -0.172. The van der Waals surface area contributed by atoms with Gasteiger partial charge in [-0.1, -0.05) is 3.89 Å². The predicted molar refractivity (Wildman–Crippen MR) is 63.6 cm³/mol. The van der Waals surface area contributed by atoms with Crippen LogP contribution < -0.4 is 4.18 Å². The van der Waals surface area contributed by atoms with Crippen molar-refractivity contribution in [3.05, 3.63) is 29.8 Å². The van der Waals surface area contributed by atoms with Gasteiger partial charge in [0.2, 0.25) is 0 Å². The minimum absolute atomic E-state index is 0.0345. The number of hydroxylamine groups is 2. The molecule has 1 saturated heterocycles. The van der Waals surface area contributed by atoms with Crippen molar-refractivity contribution in [1.82, 2.24) is 5.06 Å². The van der Waals surface area contributed by atoms with Crippen molar-refractivity contribution in [2.75, 3.05) is 0 Å². The maximum absolute atomic E-state index is 12.3. The van der Waals surface area contributed by atoms with E-state index in [1.807, 2.05) is 0 Å². The lowest BCUT2D eigenvalue weighted by Gasteiger charge is -2.12. The van der Waals surface area contributed by atoms with Gasteiger partial charge in [0, 0.05) is 12.8 Å². The van der Waals surface area contributed by atoms with Gasteiger partial charge in [0.1, 0.15) is 5.75 Å². The molecular formula is C11H8FNO7S. The summed E-state index contributed by atoms with van der Waals surface area (Å²) in [6, 6.07) is 4.21. The summed E-state index contributed by atoms with van der Waals surface area (Å²) in [5.41, 5.74) is -0.0777. The molecule has 2 amide bonds. The number of rotatable bonds is 4. The molecule has 0 saturated carbocycles.